The molecule has 0 saturated carbocycles. The van der Waals surface area contributed by atoms with Crippen LogP contribution in [0.5, 0.6) is 0 Å². The number of aromatic nitrogens is 2. The van der Waals surface area contributed by atoms with Crippen LogP contribution in [0.1, 0.15) is 49.8 Å². The molecule has 0 radical (unpaired) electrons. The average Bonchev–Trinajstić information content (AvgIpc) is 2.88. The molecule has 0 aliphatic heterocycles. The normalized spacial score (nSPS) is 10.9. The van der Waals surface area contributed by atoms with E-state index in [2.05, 4.69) is 30.7 Å². The van der Waals surface area contributed by atoms with Crippen molar-refractivity contribution in [3.05, 3.63) is 29.6 Å². The molecule has 4 nitrogen and oxygen atoms in total. The second kappa shape index (κ2) is 6.55. The topological polar surface area (TPSA) is 49.0 Å². The van der Waals surface area contributed by atoms with Gasteiger partial charge in [-0.15, -0.1) is 0 Å². The molecule has 0 saturated heterocycles. The van der Waals surface area contributed by atoms with Crippen LogP contribution in [0.2, 0.25) is 0 Å². The van der Waals surface area contributed by atoms with Crippen molar-refractivity contribution in [2.24, 2.45) is 0 Å². The van der Waals surface area contributed by atoms with E-state index in [9.17, 15) is 4.79 Å². The van der Waals surface area contributed by atoms with Crippen molar-refractivity contribution < 1.29 is 4.79 Å². The first kappa shape index (κ1) is 14.6. The lowest BCUT2D eigenvalue weighted by molar-refractivity contribution is 0.0755. The molecule has 0 atom stereocenters. The van der Waals surface area contributed by atoms with E-state index in [1.54, 1.807) is 0 Å². The van der Waals surface area contributed by atoms with Crippen molar-refractivity contribution in [3.8, 4) is 0 Å². The molecule has 20 heavy (non-hydrogen) atoms. The number of nitrogens with zero attached hydrogens (tertiary/aromatic N) is 2. The van der Waals surface area contributed by atoms with Crippen LogP contribution in [0.25, 0.3) is 11.0 Å². The summed E-state index contributed by atoms with van der Waals surface area (Å²) in [7, 11) is 0. The predicted octanol–water partition coefficient (Wildman–Crippen LogP) is 3.39. The highest BCUT2D eigenvalue weighted by Gasteiger charge is 2.15. The summed E-state index contributed by atoms with van der Waals surface area (Å²) in [5.74, 6) is 1.08. The average molecular weight is 273 g/mol. The fraction of sp³-hybridized carbons (Fsp3) is 0.500. The zero-order valence-corrected chi connectivity index (χ0v) is 12.6. The summed E-state index contributed by atoms with van der Waals surface area (Å²) in [6, 6.07) is 5.72. The predicted molar refractivity (Wildman–Crippen MR) is 82.0 cm³/mol. The first-order chi connectivity index (χ1) is 9.69. The molecule has 108 valence electrons. The number of aryl methyl sites for hydroxylation is 1. The van der Waals surface area contributed by atoms with Crippen molar-refractivity contribution in [1.29, 1.82) is 0 Å². The maximum Gasteiger partial charge on any atom is 0.253 e. The van der Waals surface area contributed by atoms with Gasteiger partial charge in [0, 0.05) is 25.1 Å². The van der Waals surface area contributed by atoms with E-state index in [-0.39, 0.29) is 5.91 Å². The molecular weight excluding hydrogens is 250 g/mol. The zero-order valence-electron chi connectivity index (χ0n) is 12.6. The minimum atomic E-state index is 0.114. The van der Waals surface area contributed by atoms with Crippen LogP contribution in [0.15, 0.2) is 18.2 Å². The van der Waals surface area contributed by atoms with Crippen LogP contribution in [0.3, 0.4) is 0 Å². The number of carbonyl (C=O) groups excluding carboxylic acids is 1. The first-order valence-electron chi connectivity index (χ1n) is 7.47. The van der Waals surface area contributed by atoms with Crippen LogP contribution in [0.4, 0.5) is 0 Å². The van der Waals surface area contributed by atoms with E-state index in [0.29, 0.717) is 0 Å². The maximum absolute atomic E-state index is 12.5. The van der Waals surface area contributed by atoms with Crippen LogP contribution in [-0.4, -0.2) is 33.9 Å². The third-order valence-electron chi connectivity index (χ3n) is 3.39. The van der Waals surface area contributed by atoms with Crippen LogP contribution >= 0.6 is 0 Å². The smallest absolute Gasteiger partial charge is 0.253 e. The Kier molecular flexibility index (Phi) is 4.77. The maximum atomic E-state index is 12.5. The largest absolute Gasteiger partial charge is 0.342 e. The van der Waals surface area contributed by atoms with Gasteiger partial charge in [0.05, 0.1) is 11.0 Å². The number of nitrogens with one attached hydrogen (secondary N) is 1. The molecule has 0 unspecified atom stereocenters. The summed E-state index contributed by atoms with van der Waals surface area (Å²) in [6.45, 7) is 7.89. The van der Waals surface area contributed by atoms with Crippen LogP contribution < -0.4 is 0 Å². The molecule has 0 spiro atoms. The van der Waals surface area contributed by atoms with Gasteiger partial charge >= 0.3 is 0 Å². The molecule has 4 heteroatoms. The van der Waals surface area contributed by atoms with Gasteiger partial charge in [0.15, 0.2) is 0 Å². The SMILES string of the molecule is CCCN(CCC)C(=O)c1ccc2nc(CC)[nH]c2c1. The summed E-state index contributed by atoms with van der Waals surface area (Å²) in [6.07, 6.45) is 2.84. The van der Waals surface area contributed by atoms with Crippen molar-refractivity contribution in [2.75, 3.05) is 13.1 Å². The highest BCUT2D eigenvalue weighted by Crippen LogP contribution is 2.16. The highest BCUT2D eigenvalue weighted by molar-refractivity contribution is 5.97. The number of imidazole rings is 1. The summed E-state index contributed by atoms with van der Waals surface area (Å²) in [5.41, 5.74) is 2.61. The lowest BCUT2D eigenvalue weighted by atomic mass is 10.1. The van der Waals surface area contributed by atoms with Crippen molar-refractivity contribution in [3.63, 3.8) is 0 Å². The van der Waals surface area contributed by atoms with Crippen molar-refractivity contribution >= 4 is 16.9 Å². The Labute approximate surface area is 120 Å². The molecule has 1 aromatic carbocycles. The van der Waals surface area contributed by atoms with Gasteiger partial charge in [-0.3, -0.25) is 4.79 Å². The summed E-state index contributed by atoms with van der Waals surface area (Å²) >= 11 is 0. The number of aromatic amines is 1. The van der Waals surface area contributed by atoms with Gasteiger partial charge in [-0.05, 0) is 31.0 Å². The van der Waals surface area contributed by atoms with Gasteiger partial charge in [0.25, 0.3) is 5.91 Å². The molecule has 0 aliphatic rings. The fourth-order valence-corrected chi connectivity index (χ4v) is 2.40. The van der Waals surface area contributed by atoms with Gasteiger partial charge in [-0.2, -0.15) is 0 Å². The molecule has 2 rings (SSSR count). The molecule has 0 aliphatic carbocycles. The minimum absolute atomic E-state index is 0.114. The number of hydrogen-bond acceptors (Lipinski definition) is 2. The zero-order chi connectivity index (χ0) is 14.5. The van der Waals surface area contributed by atoms with Crippen LogP contribution in [-0.2, 0) is 6.42 Å². The van der Waals surface area contributed by atoms with Gasteiger partial charge in [0.1, 0.15) is 5.82 Å². The number of rotatable bonds is 6. The molecule has 1 amide bonds. The van der Waals surface area contributed by atoms with Gasteiger partial charge in [0.2, 0.25) is 0 Å². The first-order valence-corrected chi connectivity index (χ1v) is 7.47. The third-order valence-corrected chi connectivity index (χ3v) is 3.39. The van der Waals surface area contributed by atoms with Gasteiger partial charge < -0.3 is 9.88 Å². The lowest BCUT2D eigenvalue weighted by Gasteiger charge is -2.21. The summed E-state index contributed by atoms with van der Waals surface area (Å²) < 4.78 is 0. The quantitative estimate of drug-likeness (QED) is 0.877. The number of hydrogen-bond donors (Lipinski definition) is 1. The molecule has 0 bridgehead atoms. The number of H-pyrrole nitrogens is 1. The Bertz CT molecular complexity index is 582. The Balaban J connectivity index is 2.28. The van der Waals surface area contributed by atoms with E-state index in [1.807, 2.05) is 23.1 Å². The minimum Gasteiger partial charge on any atom is -0.342 e. The molecular formula is C16H23N3O. The van der Waals surface area contributed by atoms with Crippen molar-refractivity contribution in [2.45, 2.75) is 40.0 Å². The number of amides is 1. The van der Waals surface area contributed by atoms with Crippen molar-refractivity contribution in [1.82, 2.24) is 14.9 Å². The molecule has 1 heterocycles. The standard InChI is InChI=1S/C16H23N3O/c1-4-9-19(10-5-2)16(20)12-7-8-13-14(11-12)18-15(6-3)17-13/h7-8,11H,4-6,9-10H2,1-3H3,(H,17,18). The molecule has 2 aromatic rings. The Hall–Kier alpha value is -1.84. The molecule has 1 N–H and O–H groups in total. The number of benzene rings is 1. The second-order valence-electron chi connectivity index (χ2n) is 5.06. The van der Waals surface area contributed by atoms with Crippen LogP contribution in [0, 0.1) is 0 Å². The molecule has 1 aromatic heterocycles. The Morgan fingerprint density at radius 3 is 2.50 bits per heavy atom. The van der Waals surface area contributed by atoms with E-state index >= 15 is 0 Å². The summed E-state index contributed by atoms with van der Waals surface area (Å²) in [5, 5.41) is 0. The Morgan fingerprint density at radius 2 is 1.90 bits per heavy atom. The highest BCUT2D eigenvalue weighted by atomic mass is 16.2. The fourth-order valence-electron chi connectivity index (χ4n) is 2.40. The monoisotopic (exact) mass is 273 g/mol. The van der Waals surface area contributed by atoms with Gasteiger partial charge in [-0.1, -0.05) is 20.8 Å². The van der Waals surface area contributed by atoms with E-state index in [4.69, 9.17) is 0 Å². The molecule has 0 fully saturated rings. The third kappa shape index (κ3) is 3.00. The Morgan fingerprint density at radius 1 is 1.20 bits per heavy atom. The second-order valence-corrected chi connectivity index (χ2v) is 5.06. The van der Waals surface area contributed by atoms with E-state index in [0.717, 1.165) is 54.8 Å². The number of fused-ring (bicyclic) bond motifs is 1. The van der Waals surface area contributed by atoms with E-state index < -0.39 is 0 Å². The van der Waals surface area contributed by atoms with Gasteiger partial charge in [-0.25, -0.2) is 4.98 Å². The lowest BCUT2D eigenvalue weighted by Crippen LogP contribution is -2.32. The summed E-state index contributed by atoms with van der Waals surface area (Å²) in [4.78, 5) is 22.2. The number of carbonyl (C=O) groups is 1. The van der Waals surface area contributed by atoms with E-state index in [1.165, 1.54) is 0 Å².